The van der Waals surface area contributed by atoms with E-state index < -0.39 is 6.10 Å². The van der Waals surface area contributed by atoms with Gasteiger partial charge in [-0.25, -0.2) is 4.98 Å². The van der Waals surface area contributed by atoms with Crippen molar-refractivity contribution in [3.63, 3.8) is 0 Å². The van der Waals surface area contributed by atoms with Crippen LogP contribution < -0.4 is 0 Å². The molecule has 3 rings (SSSR count). The maximum absolute atomic E-state index is 10.4. The maximum atomic E-state index is 10.4. The number of rotatable bonds is 3. The average Bonchev–Trinajstić information content (AvgIpc) is 3.08. The van der Waals surface area contributed by atoms with Gasteiger partial charge in [0.2, 0.25) is 0 Å². The van der Waals surface area contributed by atoms with Gasteiger partial charge in [-0.15, -0.1) is 0 Å². The third-order valence-electron chi connectivity index (χ3n) is 3.64. The molecule has 0 saturated carbocycles. The van der Waals surface area contributed by atoms with Crippen molar-refractivity contribution in [3.05, 3.63) is 88.5 Å². The van der Waals surface area contributed by atoms with Crippen molar-refractivity contribution in [2.24, 2.45) is 0 Å². The van der Waals surface area contributed by atoms with Crippen LogP contribution in [0, 0.1) is 23.2 Å². The van der Waals surface area contributed by atoms with Gasteiger partial charge in [0.1, 0.15) is 0 Å². The third-order valence-corrected chi connectivity index (χ3v) is 3.87. The second-order valence-electron chi connectivity index (χ2n) is 5.44. The summed E-state index contributed by atoms with van der Waals surface area (Å²) in [6.45, 7) is 0.539. The van der Waals surface area contributed by atoms with Crippen LogP contribution in [0.3, 0.4) is 0 Å². The molecule has 5 heteroatoms. The van der Waals surface area contributed by atoms with E-state index in [0.29, 0.717) is 22.8 Å². The Bertz CT molecular complexity index is 974. The molecule has 0 radical (unpaired) electrons. The zero-order chi connectivity index (χ0) is 17.6. The highest BCUT2D eigenvalue weighted by molar-refractivity contribution is 6.30. The van der Waals surface area contributed by atoms with Crippen molar-refractivity contribution < 1.29 is 5.11 Å². The van der Waals surface area contributed by atoms with Gasteiger partial charge >= 0.3 is 0 Å². The van der Waals surface area contributed by atoms with Crippen LogP contribution in [-0.4, -0.2) is 14.7 Å². The zero-order valence-corrected chi connectivity index (χ0v) is 14.0. The van der Waals surface area contributed by atoms with E-state index in [9.17, 15) is 5.11 Å². The lowest BCUT2D eigenvalue weighted by Crippen LogP contribution is -2.07. The minimum absolute atomic E-state index is 0.539. The molecule has 0 bridgehead atoms. The van der Waals surface area contributed by atoms with Crippen LogP contribution in [0.25, 0.3) is 0 Å². The Morgan fingerprint density at radius 2 is 1.96 bits per heavy atom. The van der Waals surface area contributed by atoms with Gasteiger partial charge in [0, 0.05) is 17.1 Å². The molecule has 25 heavy (non-hydrogen) atoms. The Morgan fingerprint density at radius 3 is 2.68 bits per heavy atom. The van der Waals surface area contributed by atoms with Gasteiger partial charge in [-0.05, 0) is 35.9 Å². The molecular weight excluding hydrogens is 334 g/mol. The fourth-order valence-electron chi connectivity index (χ4n) is 2.36. The molecule has 0 aliphatic rings. The van der Waals surface area contributed by atoms with Crippen molar-refractivity contribution in [1.82, 2.24) is 9.55 Å². The number of hydrogen-bond donors (Lipinski definition) is 1. The van der Waals surface area contributed by atoms with E-state index in [1.807, 2.05) is 28.8 Å². The van der Waals surface area contributed by atoms with Crippen LogP contribution >= 0.6 is 11.6 Å². The number of nitriles is 1. The summed E-state index contributed by atoms with van der Waals surface area (Å²) in [5, 5.41) is 19.8. The summed E-state index contributed by atoms with van der Waals surface area (Å²) in [6.07, 6.45) is 2.29. The van der Waals surface area contributed by atoms with Crippen molar-refractivity contribution in [3.8, 4) is 17.9 Å². The first kappa shape index (κ1) is 16.8. The monoisotopic (exact) mass is 347 g/mol. The first-order chi connectivity index (χ1) is 12.2. The molecule has 0 aliphatic carbocycles. The molecule has 1 heterocycles. The summed E-state index contributed by atoms with van der Waals surface area (Å²) in [5.41, 5.74) is 2.97. The number of hydrogen-bond acceptors (Lipinski definition) is 3. The Hall–Kier alpha value is -3.05. The Labute approximate surface area is 150 Å². The zero-order valence-electron chi connectivity index (χ0n) is 13.2. The van der Waals surface area contributed by atoms with Crippen LogP contribution in [0.1, 0.15) is 28.5 Å². The summed E-state index contributed by atoms with van der Waals surface area (Å²) in [5.74, 6) is 5.73. The van der Waals surface area contributed by atoms with E-state index >= 15 is 0 Å². The molecule has 3 aromatic rings. The molecular formula is C20H14ClN3O. The molecule has 2 aromatic carbocycles. The van der Waals surface area contributed by atoms with Crippen molar-refractivity contribution in [2.75, 3.05) is 0 Å². The summed E-state index contributed by atoms with van der Waals surface area (Å²) in [7, 11) is 0. The van der Waals surface area contributed by atoms with Gasteiger partial charge < -0.3 is 9.67 Å². The summed E-state index contributed by atoms with van der Waals surface area (Å²) < 4.78 is 1.83. The number of aliphatic hydroxyl groups excluding tert-OH is 1. The SMILES string of the molecule is N#Cc1ccc(Cn2cncc2C(O)C#Cc2cccc(Cl)c2)cc1. The minimum atomic E-state index is -0.958. The highest BCUT2D eigenvalue weighted by atomic mass is 35.5. The van der Waals surface area contributed by atoms with Gasteiger partial charge in [-0.2, -0.15) is 5.26 Å². The first-order valence-corrected chi connectivity index (χ1v) is 7.98. The lowest BCUT2D eigenvalue weighted by atomic mass is 10.1. The van der Waals surface area contributed by atoms with Gasteiger partial charge in [0.15, 0.2) is 6.10 Å². The molecule has 1 atom stereocenters. The van der Waals surface area contributed by atoms with Gasteiger partial charge in [0.25, 0.3) is 0 Å². The highest BCUT2D eigenvalue weighted by Crippen LogP contribution is 2.15. The molecule has 1 N–H and O–H groups in total. The maximum Gasteiger partial charge on any atom is 0.156 e. The second-order valence-corrected chi connectivity index (χ2v) is 5.87. The van der Waals surface area contributed by atoms with Crippen LogP contribution in [-0.2, 0) is 6.54 Å². The first-order valence-electron chi connectivity index (χ1n) is 7.60. The summed E-state index contributed by atoms with van der Waals surface area (Å²) >= 11 is 5.93. The predicted molar refractivity (Wildman–Crippen MR) is 95.8 cm³/mol. The summed E-state index contributed by atoms with van der Waals surface area (Å²) in [4.78, 5) is 4.10. The predicted octanol–water partition coefficient (Wildman–Crippen LogP) is 3.54. The van der Waals surface area contributed by atoms with Gasteiger partial charge in [-0.1, -0.05) is 41.6 Å². The van der Waals surface area contributed by atoms with E-state index in [2.05, 4.69) is 22.9 Å². The van der Waals surface area contributed by atoms with E-state index in [0.717, 1.165) is 11.1 Å². The van der Waals surface area contributed by atoms with Crippen LogP contribution in [0.4, 0.5) is 0 Å². The lowest BCUT2D eigenvalue weighted by Gasteiger charge is -2.10. The Morgan fingerprint density at radius 1 is 1.16 bits per heavy atom. The van der Waals surface area contributed by atoms with E-state index in [4.69, 9.17) is 16.9 Å². The largest absolute Gasteiger partial charge is 0.374 e. The Balaban J connectivity index is 1.78. The van der Waals surface area contributed by atoms with Crippen molar-refractivity contribution >= 4 is 11.6 Å². The average molecular weight is 348 g/mol. The number of nitrogens with zero attached hydrogens (tertiary/aromatic N) is 3. The molecule has 0 aliphatic heterocycles. The molecule has 0 spiro atoms. The number of imidazole rings is 1. The molecule has 4 nitrogen and oxygen atoms in total. The van der Waals surface area contributed by atoms with Crippen LogP contribution in [0.15, 0.2) is 61.1 Å². The second kappa shape index (κ2) is 7.68. The molecule has 1 aromatic heterocycles. The van der Waals surface area contributed by atoms with E-state index in [-0.39, 0.29) is 0 Å². The van der Waals surface area contributed by atoms with Crippen LogP contribution in [0.2, 0.25) is 5.02 Å². The summed E-state index contributed by atoms with van der Waals surface area (Å²) in [6, 6.07) is 16.6. The number of aromatic nitrogens is 2. The Kier molecular flexibility index (Phi) is 5.16. The molecule has 122 valence electrons. The van der Waals surface area contributed by atoms with Gasteiger partial charge in [0.05, 0.1) is 29.9 Å². The number of benzene rings is 2. The fraction of sp³-hybridized carbons (Fsp3) is 0.100. The normalized spacial score (nSPS) is 11.2. The molecule has 0 fully saturated rings. The topological polar surface area (TPSA) is 61.8 Å². The molecule has 0 amide bonds. The quantitative estimate of drug-likeness (QED) is 0.737. The van der Waals surface area contributed by atoms with Crippen LogP contribution in [0.5, 0.6) is 0 Å². The minimum Gasteiger partial charge on any atom is -0.374 e. The third kappa shape index (κ3) is 4.28. The number of aliphatic hydroxyl groups is 1. The standard InChI is InChI=1S/C20H14ClN3O/c21-18-3-1-2-15(10-18)8-9-20(25)19-12-23-14-24(19)13-17-6-4-16(11-22)5-7-17/h1-7,10,12,14,20,25H,13H2. The van der Waals surface area contributed by atoms with Crippen molar-refractivity contribution in [2.45, 2.75) is 12.6 Å². The van der Waals surface area contributed by atoms with E-state index in [1.165, 1.54) is 0 Å². The highest BCUT2D eigenvalue weighted by Gasteiger charge is 2.10. The number of halogens is 1. The lowest BCUT2D eigenvalue weighted by molar-refractivity contribution is 0.228. The fourth-order valence-corrected chi connectivity index (χ4v) is 2.55. The van der Waals surface area contributed by atoms with E-state index in [1.54, 1.807) is 36.8 Å². The van der Waals surface area contributed by atoms with Crippen molar-refractivity contribution in [1.29, 1.82) is 5.26 Å². The smallest absolute Gasteiger partial charge is 0.156 e. The molecule has 0 saturated heterocycles. The van der Waals surface area contributed by atoms with Gasteiger partial charge in [-0.3, -0.25) is 0 Å². The molecule has 1 unspecified atom stereocenters.